The Balaban J connectivity index is -0.000000375. The van der Waals surface area contributed by atoms with Gasteiger partial charge >= 0.3 is 0 Å². The van der Waals surface area contributed by atoms with Gasteiger partial charge in [-0.25, -0.2) is 0 Å². The third-order valence-corrected chi connectivity index (χ3v) is 1.90. The topological polar surface area (TPSA) is 15.3 Å². The summed E-state index contributed by atoms with van der Waals surface area (Å²) in [6.45, 7) is 14.0. The SMILES string of the molecule is CC.CC.CC.CNCc1ccc(CN(C)C)cc1. The lowest BCUT2D eigenvalue weighted by atomic mass is 10.1. The molecule has 2 heteroatoms. The molecular formula is C17H36N2. The molecule has 1 aromatic carbocycles. The van der Waals surface area contributed by atoms with Gasteiger partial charge < -0.3 is 10.2 Å². The van der Waals surface area contributed by atoms with Crippen molar-refractivity contribution in [1.82, 2.24) is 10.2 Å². The zero-order chi connectivity index (χ0) is 15.7. The van der Waals surface area contributed by atoms with Crippen molar-refractivity contribution in [3.63, 3.8) is 0 Å². The van der Waals surface area contributed by atoms with Crippen molar-refractivity contribution in [2.45, 2.75) is 54.6 Å². The highest BCUT2D eigenvalue weighted by atomic mass is 15.0. The molecule has 0 aliphatic carbocycles. The molecule has 19 heavy (non-hydrogen) atoms. The second kappa shape index (κ2) is 19.5. The molecule has 0 unspecified atom stereocenters. The number of nitrogens with zero attached hydrogens (tertiary/aromatic N) is 1. The molecule has 0 aliphatic rings. The van der Waals surface area contributed by atoms with Crippen LogP contribution in [0.5, 0.6) is 0 Å². The Bertz CT molecular complexity index is 240. The Morgan fingerprint density at radius 1 is 0.789 bits per heavy atom. The summed E-state index contributed by atoms with van der Waals surface area (Å²) < 4.78 is 0. The third kappa shape index (κ3) is 15.1. The maximum atomic E-state index is 3.13. The second-order valence-electron chi connectivity index (χ2n) is 3.58. The lowest BCUT2D eigenvalue weighted by molar-refractivity contribution is 0.402. The smallest absolute Gasteiger partial charge is 0.0227 e. The molecule has 0 atom stereocenters. The van der Waals surface area contributed by atoms with Crippen molar-refractivity contribution in [2.24, 2.45) is 0 Å². The number of rotatable bonds is 4. The Kier molecular flexibility index (Phi) is 23.8. The van der Waals surface area contributed by atoms with E-state index in [9.17, 15) is 0 Å². The minimum absolute atomic E-state index is 0.947. The van der Waals surface area contributed by atoms with Crippen LogP contribution in [-0.2, 0) is 13.1 Å². The molecule has 0 fully saturated rings. The van der Waals surface area contributed by atoms with Crippen LogP contribution >= 0.6 is 0 Å². The molecule has 2 nitrogen and oxygen atoms in total. The van der Waals surface area contributed by atoms with Crippen LogP contribution < -0.4 is 5.32 Å². The minimum Gasteiger partial charge on any atom is -0.316 e. The summed E-state index contributed by atoms with van der Waals surface area (Å²) in [4.78, 5) is 2.17. The normalized spacial score (nSPS) is 8.32. The van der Waals surface area contributed by atoms with E-state index in [0.717, 1.165) is 13.1 Å². The third-order valence-electron chi connectivity index (χ3n) is 1.90. The van der Waals surface area contributed by atoms with Gasteiger partial charge in [0.05, 0.1) is 0 Å². The lowest BCUT2D eigenvalue weighted by Crippen LogP contribution is -2.11. The maximum absolute atomic E-state index is 3.13. The van der Waals surface area contributed by atoms with Crippen LogP contribution in [0.4, 0.5) is 0 Å². The van der Waals surface area contributed by atoms with Crippen molar-refractivity contribution in [3.8, 4) is 0 Å². The van der Waals surface area contributed by atoms with Gasteiger partial charge in [-0.2, -0.15) is 0 Å². The molecule has 0 saturated carbocycles. The first-order valence-corrected chi connectivity index (χ1v) is 7.59. The molecular weight excluding hydrogens is 232 g/mol. The number of hydrogen-bond acceptors (Lipinski definition) is 2. The molecule has 0 aliphatic heterocycles. The van der Waals surface area contributed by atoms with Crippen LogP contribution in [0.2, 0.25) is 0 Å². The van der Waals surface area contributed by atoms with Gasteiger partial charge in [0.1, 0.15) is 0 Å². The van der Waals surface area contributed by atoms with Crippen molar-refractivity contribution in [2.75, 3.05) is 21.1 Å². The first-order chi connectivity index (χ1) is 9.22. The van der Waals surface area contributed by atoms with Gasteiger partial charge in [0, 0.05) is 13.1 Å². The molecule has 1 aromatic rings. The molecule has 1 rings (SSSR count). The average Bonchev–Trinajstić information content (AvgIpc) is 2.47. The average molecular weight is 268 g/mol. The number of nitrogens with one attached hydrogen (secondary N) is 1. The lowest BCUT2D eigenvalue weighted by Gasteiger charge is -2.09. The second-order valence-corrected chi connectivity index (χ2v) is 3.58. The first kappa shape index (κ1) is 23.2. The summed E-state index contributed by atoms with van der Waals surface area (Å²) in [5.74, 6) is 0. The zero-order valence-corrected chi connectivity index (χ0v) is 14.7. The van der Waals surface area contributed by atoms with Crippen molar-refractivity contribution in [1.29, 1.82) is 0 Å². The molecule has 0 radical (unpaired) electrons. The fourth-order valence-corrected chi connectivity index (χ4v) is 1.33. The van der Waals surface area contributed by atoms with E-state index in [4.69, 9.17) is 0 Å². The van der Waals surface area contributed by atoms with Gasteiger partial charge in [-0.3, -0.25) is 0 Å². The van der Waals surface area contributed by atoms with E-state index in [1.54, 1.807) is 0 Å². The Labute approximate surface area is 122 Å². The van der Waals surface area contributed by atoms with E-state index < -0.39 is 0 Å². The van der Waals surface area contributed by atoms with Crippen molar-refractivity contribution < 1.29 is 0 Å². The summed E-state index contributed by atoms with van der Waals surface area (Å²) in [6.07, 6.45) is 0. The van der Waals surface area contributed by atoms with Crippen LogP contribution in [0, 0.1) is 0 Å². The van der Waals surface area contributed by atoms with Gasteiger partial charge in [0.2, 0.25) is 0 Å². The molecule has 1 N–H and O–H groups in total. The van der Waals surface area contributed by atoms with Gasteiger partial charge in [0.25, 0.3) is 0 Å². The van der Waals surface area contributed by atoms with Crippen LogP contribution in [0.25, 0.3) is 0 Å². The van der Waals surface area contributed by atoms with Gasteiger partial charge in [-0.15, -0.1) is 0 Å². The van der Waals surface area contributed by atoms with Crippen LogP contribution in [0.3, 0.4) is 0 Å². The molecule has 0 aromatic heterocycles. The molecule has 0 bridgehead atoms. The minimum atomic E-state index is 0.947. The summed E-state index contributed by atoms with van der Waals surface area (Å²) in [7, 11) is 6.14. The summed E-state index contributed by atoms with van der Waals surface area (Å²) >= 11 is 0. The van der Waals surface area contributed by atoms with Gasteiger partial charge in [0.15, 0.2) is 0 Å². The summed E-state index contributed by atoms with van der Waals surface area (Å²) in [5.41, 5.74) is 2.70. The summed E-state index contributed by atoms with van der Waals surface area (Å²) in [5, 5.41) is 3.13. The fourth-order valence-electron chi connectivity index (χ4n) is 1.33. The van der Waals surface area contributed by atoms with Crippen molar-refractivity contribution >= 4 is 0 Å². The molecule has 114 valence electrons. The molecule has 0 saturated heterocycles. The molecule has 0 heterocycles. The highest BCUT2D eigenvalue weighted by Crippen LogP contribution is 2.05. The monoisotopic (exact) mass is 268 g/mol. The van der Waals surface area contributed by atoms with Crippen LogP contribution in [0.15, 0.2) is 24.3 Å². The standard InChI is InChI=1S/C11H18N2.3C2H6/c1-12-8-10-4-6-11(7-5-10)9-13(2)3;3*1-2/h4-7,12H,8-9H2,1-3H3;3*1-2H3. The highest BCUT2D eigenvalue weighted by molar-refractivity contribution is 5.22. The Morgan fingerprint density at radius 3 is 1.47 bits per heavy atom. The number of hydrogen-bond donors (Lipinski definition) is 1. The Morgan fingerprint density at radius 2 is 1.16 bits per heavy atom. The van der Waals surface area contributed by atoms with E-state index >= 15 is 0 Å². The van der Waals surface area contributed by atoms with Gasteiger partial charge in [-0.05, 0) is 32.3 Å². The molecule has 0 spiro atoms. The van der Waals surface area contributed by atoms with Crippen LogP contribution in [0.1, 0.15) is 52.7 Å². The maximum Gasteiger partial charge on any atom is 0.0227 e. The quantitative estimate of drug-likeness (QED) is 0.862. The predicted octanol–water partition coefficient (Wildman–Crippen LogP) is 4.55. The van der Waals surface area contributed by atoms with E-state index in [-0.39, 0.29) is 0 Å². The fraction of sp³-hybridized carbons (Fsp3) is 0.647. The van der Waals surface area contributed by atoms with Gasteiger partial charge in [-0.1, -0.05) is 65.8 Å². The first-order valence-electron chi connectivity index (χ1n) is 7.59. The Hall–Kier alpha value is -0.860. The van der Waals surface area contributed by atoms with E-state index in [1.807, 2.05) is 48.6 Å². The van der Waals surface area contributed by atoms with Crippen molar-refractivity contribution in [3.05, 3.63) is 35.4 Å². The number of benzene rings is 1. The highest BCUT2D eigenvalue weighted by Gasteiger charge is 1.95. The zero-order valence-electron chi connectivity index (χ0n) is 14.7. The van der Waals surface area contributed by atoms with E-state index in [2.05, 4.69) is 48.6 Å². The summed E-state index contributed by atoms with van der Waals surface area (Å²) in [6, 6.07) is 8.73. The largest absolute Gasteiger partial charge is 0.316 e. The molecule has 0 amide bonds. The predicted molar refractivity (Wildman–Crippen MR) is 90.6 cm³/mol. The van der Waals surface area contributed by atoms with E-state index in [1.165, 1.54) is 11.1 Å². The van der Waals surface area contributed by atoms with E-state index in [0.29, 0.717) is 0 Å². The van der Waals surface area contributed by atoms with Crippen LogP contribution in [-0.4, -0.2) is 26.0 Å².